The van der Waals surface area contributed by atoms with Crippen LogP contribution in [0.25, 0.3) is 22.6 Å². The first-order chi connectivity index (χ1) is 17.4. The van der Waals surface area contributed by atoms with E-state index >= 15 is 0 Å². The number of rotatable bonds is 5. The zero-order chi connectivity index (χ0) is 25.3. The predicted octanol–water partition coefficient (Wildman–Crippen LogP) is 2.29. The van der Waals surface area contributed by atoms with E-state index < -0.39 is 5.79 Å². The lowest BCUT2D eigenvalue weighted by Gasteiger charge is -2.41. The number of H-pyrrole nitrogens is 1. The third-order valence-electron chi connectivity index (χ3n) is 6.42. The fourth-order valence-corrected chi connectivity index (χ4v) is 4.30. The Bertz CT molecular complexity index is 1220. The van der Waals surface area contributed by atoms with E-state index in [4.69, 9.17) is 19.2 Å². The molecule has 0 radical (unpaired) electrons. The Labute approximate surface area is 208 Å². The van der Waals surface area contributed by atoms with Gasteiger partial charge in [-0.15, -0.1) is 0 Å². The fourth-order valence-electron chi connectivity index (χ4n) is 4.30. The lowest BCUT2D eigenvalue weighted by molar-refractivity contribution is -0.284. The molecule has 3 aromatic rings. The van der Waals surface area contributed by atoms with Crippen molar-refractivity contribution in [1.29, 1.82) is 0 Å². The number of piperazine rings is 1. The van der Waals surface area contributed by atoms with E-state index in [1.165, 1.54) is 19.2 Å². The number of imidazole rings is 1. The van der Waals surface area contributed by atoms with Crippen LogP contribution in [0.3, 0.4) is 0 Å². The largest absolute Gasteiger partial charge is 0.467 e. The number of nitrogens with one attached hydrogen (secondary N) is 1. The van der Waals surface area contributed by atoms with E-state index in [9.17, 15) is 9.18 Å². The number of carbonyl (C=O) groups excluding carboxylic acids is 1. The molecule has 0 saturated carbocycles. The highest BCUT2D eigenvalue weighted by atomic mass is 19.1. The Balaban J connectivity index is 1.63. The average Bonchev–Trinajstić information content (AvgIpc) is 3.36. The summed E-state index contributed by atoms with van der Waals surface area (Å²) in [6.07, 6.45) is 1.57. The van der Waals surface area contributed by atoms with Crippen LogP contribution in [-0.2, 0) is 20.1 Å². The van der Waals surface area contributed by atoms with Crippen LogP contribution in [0.2, 0.25) is 0 Å². The van der Waals surface area contributed by atoms with E-state index in [1.54, 1.807) is 29.3 Å². The molecule has 190 valence electrons. The molecule has 2 aliphatic heterocycles. The van der Waals surface area contributed by atoms with Crippen LogP contribution in [0, 0.1) is 11.7 Å². The number of amides is 1. The number of carbonyl (C=O) groups is 1. The lowest BCUT2D eigenvalue weighted by Crippen LogP contribution is -2.58. The molecule has 0 atom stereocenters. The summed E-state index contributed by atoms with van der Waals surface area (Å²) in [7, 11) is 3.50. The van der Waals surface area contributed by atoms with Crippen molar-refractivity contribution in [3.63, 3.8) is 0 Å². The summed E-state index contributed by atoms with van der Waals surface area (Å²) < 4.78 is 31.2. The van der Waals surface area contributed by atoms with Gasteiger partial charge in [-0.3, -0.25) is 4.79 Å². The quantitative estimate of drug-likeness (QED) is 0.574. The number of likely N-dealkylation sites (N-methyl/N-ethyl adjacent to an activating group) is 1. The van der Waals surface area contributed by atoms with Gasteiger partial charge >= 0.3 is 11.8 Å². The van der Waals surface area contributed by atoms with Gasteiger partial charge < -0.3 is 29.0 Å². The SMILES string of the molecule is COc1nccc(-c2[nH]c(C3(C(=O)N4CCN(C)CC4)OCC(C)CO3)nc2-c2ccc(F)cc2)n1. The minimum Gasteiger partial charge on any atom is -0.467 e. The Kier molecular flexibility index (Phi) is 6.69. The van der Waals surface area contributed by atoms with Crippen molar-refractivity contribution in [1.82, 2.24) is 29.7 Å². The van der Waals surface area contributed by atoms with Gasteiger partial charge in [0.1, 0.15) is 5.82 Å². The minimum absolute atomic E-state index is 0.121. The van der Waals surface area contributed by atoms with Crippen molar-refractivity contribution < 1.29 is 23.4 Å². The van der Waals surface area contributed by atoms with Crippen molar-refractivity contribution in [2.75, 3.05) is 53.6 Å². The molecule has 5 rings (SSSR count). The number of hydrogen-bond acceptors (Lipinski definition) is 8. The van der Waals surface area contributed by atoms with Gasteiger partial charge in [0.25, 0.3) is 5.91 Å². The molecule has 0 unspecified atom stereocenters. The lowest BCUT2D eigenvalue weighted by atomic mass is 10.1. The van der Waals surface area contributed by atoms with E-state index in [0.717, 1.165) is 13.1 Å². The number of benzene rings is 1. The molecule has 10 nitrogen and oxygen atoms in total. The summed E-state index contributed by atoms with van der Waals surface area (Å²) in [4.78, 5) is 34.4. The molecule has 4 heterocycles. The van der Waals surface area contributed by atoms with Crippen molar-refractivity contribution in [3.05, 3.63) is 48.2 Å². The second-order valence-corrected chi connectivity index (χ2v) is 9.18. The maximum Gasteiger partial charge on any atom is 0.316 e. The summed E-state index contributed by atoms with van der Waals surface area (Å²) >= 11 is 0. The Hall–Kier alpha value is -3.41. The van der Waals surface area contributed by atoms with Gasteiger partial charge in [0.15, 0.2) is 5.82 Å². The first-order valence-corrected chi connectivity index (χ1v) is 11.9. The smallest absolute Gasteiger partial charge is 0.316 e. The van der Waals surface area contributed by atoms with Crippen LogP contribution in [0.4, 0.5) is 4.39 Å². The van der Waals surface area contributed by atoms with Crippen LogP contribution in [0.15, 0.2) is 36.5 Å². The molecule has 0 aliphatic carbocycles. The van der Waals surface area contributed by atoms with E-state index in [-0.39, 0.29) is 29.5 Å². The molecular formula is C25H29FN6O4. The van der Waals surface area contributed by atoms with Gasteiger partial charge in [-0.25, -0.2) is 14.4 Å². The molecule has 11 heteroatoms. The molecule has 0 bridgehead atoms. The van der Waals surface area contributed by atoms with Crippen LogP contribution in [0.5, 0.6) is 6.01 Å². The molecule has 0 spiro atoms. The Morgan fingerprint density at radius 3 is 2.47 bits per heavy atom. The summed E-state index contributed by atoms with van der Waals surface area (Å²) in [5.74, 6) is -2.06. The van der Waals surface area contributed by atoms with E-state index in [0.29, 0.717) is 48.9 Å². The van der Waals surface area contributed by atoms with Crippen LogP contribution in [-0.4, -0.2) is 89.2 Å². The van der Waals surface area contributed by atoms with Gasteiger partial charge in [-0.2, -0.15) is 4.98 Å². The number of aromatic amines is 1. The van der Waals surface area contributed by atoms with Crippen molar-refractivity contribution >= 4 is 5.91 Å². The molecule has 2 fully saturated rings. The van der Waals surface area contributed by atoms with E-state index in [2.05, 4.69) is 19.9 Å². The molecule has 36 heavy (non-hydrogen) atoms. The van der Waals surface area contributed by atoms with Crippen LogP contribution in [0.1, 0.15) is 12.7 Å². The summed E-state index contributed by atoms with van der Waals surface area (Å²) in [5.41, 5.74) is 2.11. The maximum atomic E-state index is 13.9. The first-order valence-electron chi connectivity index (χ1n) is 11.9. The van der Waals surface area contributed by atoms with Gasteiger partial charge in [0, 0.05) is 43.9 Å². The Morgan fingerprint density at radius 2 is 1.81 bits per heavy atom. The minimum atomic E-state index is -1.73. The number of methoxy groups -OCH3 is 1. The maximum absolute atomic E-state index is 13.9. The predicted molar refractivity (Wildman–Crippen MR) is 128 cm³/mol. The third-order valence-corrected chi connectivity index (χ3v) is 6.42. The number of aromatic nitrogens is 4. The monoisotopic (exact) mass is 496 g/mol. The number of nitrogens with zero attached hydrogens (tertiary/aromatic N) is 5. The summed E-state index contributed by atoms with van der Waals surface area (Å²) in [6.45, 7) is 5.29. The highest BCUT2D eigenvalue weighted by molar-refractivity contribution is 5.86. The first kappa shape index (κ1) is 24.3. The van der Waals surface area contributed by atoms with Crippen LogP contribution >= 0.6 is 0 Å². The van der Waals surface area contributed by atoms with Gasteiger partial charge in [0.05, 0.1) is 37.4 Å². The summed E-state index contributed by atoms with van der Waals surface area (Å²) in [6, 6.07) is 7.83. The normalized spacial score (nSPS) is 23.0. The number of halogens is 1. The molecule has 1 aromatic carbocycles. The second-order valence-electron chi connectivity index (χ2n) is 9.18. The zero-order valence-electron chi connectivity index (χ0n) is 20.5. The Morgan fingerprint density at radius 1 is 1.11 bits per heavy atom. The fraction of sp³-hybridized carbons (Fsp3) is 0.440. The molecule has 2 saturated heterocycles. The van der Waals surface area contributed by atoms with Crippen molar-refractivity contribution in [2.24, 2.45) is 5.92 Å². The molecule has 2 aliphatic rings. The molecular weight excluding hydrogens is 467 g/mol. The van der Waals surface area contributed by atoms with Gasteiger partial charge in [-0.05, 0) is 37.4 Å². The van der Waals surface area contributed by atoms with Crippen molar-refractivity contribution in [3.8, 4) is 28.7 Å². The average molecular weight is 497 g/mol. The highest BCUT2D eigenvalue weighted by Gasteiger charge is 2.51. The van der Waals surface area contributed by atoms with Gasteiger partial charge in [0.2, 0.25) is 0 Å². The van der Waals surface area contributed by atoms with Crippen molar-refractivity contribution in [2.45, 2.75) is 12.7 Å². The highest BCUT2D eigenvalue weighted by Crippen LogP contribution is 2.38. The third kappa shape index (κ3) is 4.57. The standard InChI is InChI=1S/C25H29FN6O4/c1-16-14-35-25(36-15-16,23(33)32-12-10-31(2)11-13-32)22-29-20(17-4-6-18(26)7-5-17)21(30-22)19-8-9-27-24(28-19)34-3/h4-9,16H,10-15H2,1-3H3,(H,29,30). The summed E-state index contributed by atoms with van der Waals surface area (Å²) in [5, 5.41) is 0. The topological polar surface area (TPSA) is 106 Å². The van der Waals surface area contributed by atoms with Crippen LogP contribution < -0.4 is 4.74 Å². The number of ether oxygens (including phenoxy) is 3. The molecule has 1 amide bonds. The molecule has 1 N–H and O–H groups in total. The number of hydrogen-bond donors (Lipinski definition) is 1. The van der Waals surface area contributed by atoms with Gasteiger partial charge in [-0.1, -0.05) is 6.92 Å². The second kappa shape index (κ2) is 9.92. The molecule has 2 aromatic heterocycles. The van der Waals surface area contributed by atoms with E-state index in [1.807, 2.05) is 14.0 Å². The zero-order valence-corrected chi connectivity index (χ0v) is 20.5.